The highest BCUT2D eigenvalue weighted by Gasteiger charge is 2.07. The third kappa shape index (κ3) is 4.11. The summed E-state index contributed by atoms with van der Waals surface area (Å²) in [4.78, 5) is 4.69. The molecule has 1 nitrogen and oxygen atoms in total. The topological polar surface area (TPSA) is 12.9 Å². The van der Waals surface area contributed by atoms with Crippen LogP contribution in [0.3, 0.4) is 0 Å². The van der Waals surface area contributed by atoms with E-state index in [1.807, 2.05) is 6.20 Å². The molecule has 3 rings (SSSR count). The molecule has 0 saturated heterocycles. The van der Waals surface area contributed by atoms with Crippen molar-refractivity contribution in [1.29, 1.82) is 0 Å². The number of hydrogen-bond acceptors (Lipinski definition) is 1. The summed E-state index contributed by atoms with van der Waals surface area (Å²) < 4.78 is 0. The molecule has 1 heteroatoms. The van der Waals surface area contributed by atoms with Crippen molar-refractivity contribution < 1.29 is 0 Å². The number of rotatable bonds is 7. The number of hydrogen-bond donors (Lipinski definition) is 0. The number of aryl methyl sites for hydroxylation is 1. The van der Waals surface area contributed by atoms with Gasteiger partial charge in [0.1, 0.15) is 0 Å². The predicted molar refractivity (Wildman–Crippen MR) is 103 cm³/mol. The van der Waals surface area contributed by atoms with Gasteiger partial charge in [-0.25, -0.2) is 0 Å². The number of benzene rings is 2. The summed E-state index contributed by atoms with van der Waals surface area (Å²) in [6.45, 7) is 2.25. The maximum Gasteiger partial charge on any atom is 0.0404 e. The maximum absolute atomic E-state index is 4.69. The highest BCUT2D eigenvalue weighted by atomic mass is 14.7. The zero-order valence-corrected chi connectivity index (χ0v) is 14.4. The third-order valence-electron chi connectivity index (χ3n) is 4.43. The lowest BCUT2D eigenvalue weighted by Gasteiger charge is -2.10. The monoisotopic (exact) mass is 315 g/mol. The summed E-state index contributed by atoms with van der Waals surface area (Å²) in [5.74, 6) is 0. The highest BCUT2D eigenvalue weighted by molar-refractivity contribution is 5.83. The minimum atomic E-state index is 1.08. The van der Waals surface area contributed by atoms with Crippen molar-refractivity contribution in [2.24, 2.45) is 0 Å². The molecule has 0 fully saturated rings. The van der Waals surface area contributed by atoms with Crippen LogP contribution in [-0.2, 0) is 6.42 Å². The average molecular weight is 315 g/mol. The highest BCUT2D eigenvalue weighted by Crippen LogP contribution is 2.31. The van der Waals surface area contributed by atoms with Crippen LogP contribution in [0, 0.1) is 0 Å². The van der Waals surface area contributed by atoms with E-state index in [4.69, 9.17) is 0 Å². The second-order valence-corrected chi connectivity index (χ2v) is 6.26. The van der Waals surface area contributed by atoms with E-state index >= 15 is 0 Å². The van der Waals surface area contributed by atoms with Crippen LogP contribution in [0.1, 0.15) is 38.3 Å². The normalized spacial score (nSPS) is 10.7. The Kier molecular flexibility index (Phi) is 5.79. The van der Waals surface area contributed by atoms with Gasteiger partial charge in [-0.3, -0.25) is 4.98 Å². The number of nitrogens with zero attached hydrogens (tertiary/aromatic N) is 1. The first-order valence-electron chi connectivity index (χ1n) is 8.98. The van der Waals surface area contributed by atoms with E-state index in [2.05, 4.69) is 78.6 Å². The van der Waals surface area contributed by atoms with E-state index < -0.39 is 0 Å². The Balaban J connectivity index is 1.80. The Bertz CT molecular complexity index is 745. The van der Waals surface area contributed by atoms with Crippen LogP contribution in [0.5, 0.6) is 0 Å². The lowest BCUT2D eigenvalue weighted by Crippen LogP contribution is -1.92. The van der Waals surface area contributed by atoms with Crippen molar-refractivity contribution in [1.82, 2.24) is 4.98 Å². The maximum atomic E-state index is 4.69. The Morgan fingerprint density at radius 1 is 0.667 bits per heavy atom. The van der Waals surface area contributed by atoms with E-state index in [1.54, 1.807) is 0 Å². The number of unbranched alkanes of at least 4 members (excludes halogenated alkanes) is 3. The van der Waals surface area contributed by atoms with Crippen molar-refractivity contribution in [2.75, 3.05) is 0 Å². The molecule has 0 aliphatic carbocycles. The van der Waals surface area contributed by atoms with Gasteiger partial charge in [0.15, 0.2) is 0 Å². The van der Waals surface area contributed by atoms with Gasteiger partial charge >= 0.3 is 0 Å². The molecule has 0 aliphatic rings. The molecule has 1 heterocycles. The Morgan fingerprint density at radius 3 is 2.04 bits per heavy atom. The molecule has 0 amide bonds. The molecular formula is C23H25N. The zero-order chi connectivity index (χ0) is 16.6. The standard InChI is InChI=1S/C23H25N/c1-2-3-4-8-13-21-17-16-20(18-24-21)23-15-10-9-14-22(23)19-11-6-5-7-12-19/h5-7,9-12,14-18H,2-4,8,13H2,1H3. The molecule has 0 radical (unpaired) electrons. The lowest BCUT2D eigenvalue weighted by atomic mass is 9.95. The van der Waals surface area contributed by atoms with Crippen molar-refractivity contribution in [3.63, 3.8) is 0 Å². The predicted octanol–water partition coefficient (Wildman–Crippen LogP) is 6.54. The van der Waals surface area contributed by atoms with Crippen LogP contribution in [-0.4, -0.2) is 4.98 Å². The summed E-state index contributed by atoms with van der Waals surface area (Å²) in [6.07, 6.45) is 8.25. The van der Waals surface area contributed by atoms with Gasteiger partial charge in [-0.2, -0.15) is 0 Å². The Labute approximate surface area is 145 Å². The minimum Gasteiger partial charge on any atom is -0.261 e. The van der Waals surface area contributed by atoms with E-state index in [1.165, 1.54) is 53.6 Å². The molecule has 3 aromatic rings. The second-order valence-electron chi connectivity index (χ2n) is 6.26. The van der Waals surface area contributed by atoms with E-state index in [0.29, 0.717) is 0 Å². The Hall–Kier alpha value is -2.41. The first kappa shape index (κ1) is 16.4. The molecule has 0 saturated carbocycles. The average Bonchev–Trinajstić information content (AvgIpc) is 2.66. The molecular weight excluding hydrogens is 290 g/mol. The Morgan fingerprint density at radius 2 is 1.38 bits per heavy atom. The first-order valence-corrected chi connectivity index (χ1v) is 8.98. The summed E-state index contributed by atoms with van der Waals surface area (Å²) >= 11 is 0. The molecule has 1 aromatic heterocycles. The van der Waals surface area contributed by atoms with Gasteiger partial charge in [0.2, 0.25) is 0 Å². The lowest BCUT2D eigenvalue weighted by molar-refractivity contribution is 0.661. The summed E-state index contributed by atoms with van der Waals surface area (Å²) in [5, 5.41) is 0. The minimum absolute atomic E-state index is 1.08. The van der Waals surface area contributed by atoms with E-state index in [-0.39, 0.29) is 0 Å². The fourth-order valence-corrected chi connectivity index (χ4v) is 3.07. The molecule has 0 bridgehead atoms. The van der Waals surface area contributed by atoms with Gasteiger partial charge in [0.05, 0.1) is 0 Å². The fraction of sp³-hybridized carbons (Fsp3) is 0.261. The van der Waals surface area contributed by atoms with Gasteiger partial charge in [0, 0.05) is 17.5 Å². The molecule has 0 aliphatic heterocycles. The molecule has 0 atom stereocenters. The first-order chi connectivity index (χ1) is 11.9. The summed E-state index contributed by atoms with van der Waals surface area (Å²) in [7, 11) is 0. The molecule has 122 valence electrons. The van der Waals surface area contributed by atoms with Gasteiger partial charge in [-0.1, -0.05) is 86.8 Å². The molecule has 24 heavy (non-hydrogen) atoms. The number of pyridine rings is 1. The summed E-state index contributed by atoms with van der Waals surface area (Å²) in [5.41, 5.74) is 6.14. The van der Waals surface area contributed by atoms with Gasteiger partial charge in [0.25, 0.3) is 0 Å². The van der Waals surface area contributed by atoms with Crippen molar-refractivity contribution in [3.8, 4) is 22.3 Å². The SMILES string of the molecule is CCCCCCc1ccc(-c2ccccc2-c2ccccc2)cn1. The van der Waals surface area contributed by atoms with Crippen molar-refractivity contribution in [3.05, 3.63) is 78.6 Å². The van der Waals surface area contributed by atoms with Crippen molar-refractivity contribution in [2.45, 2.75) is 39.0 Å². The van der Waals surface area contributed by atoms with E-state index in [0.717, 1.165) is 6.42 Å². The van der Waals surface area contributed by atoms with E-state index in [9.17, 15) is 0 Å². The third-order valence-corrected chi connectivity index (χ3v) is 4.43. The number of aromatic nitrogens is 1. The smallest absolute Gasteiger partial charge is 0.0404 e. The summed E-state index contributed by atoms with van der Waals surface area (Å²) in [6, 6.07) is 23.5. The van der Waals surface area contributed by atoms with Gasteiger partial charge < -0.3 is 0 Å². The molecule has 0 N–H and O–H groups in total. The zero-order valence-electron chi connectivity index (χ0n) is 14.4. The quantitative estimate of drug-likeness (QED) is 0.451. The van der Waals surface area contributed by atoms with Gasteiger partial charge in [-0.15, -0.1) is 0 Å². The van der Waals surface area contributed by atoms with Crippen LogP contribution in [0.2, 0.25) is 0 Å². The van der Waals surface area contributed by atoms with Crippen molar-refractivity contribution >= 4 is 0 Å². The largest absolute Gasteiger partial charge is 0.261 e. The van der Waals surface area contributed by atoms with Crippen LogP contribution >= 0.6 is 0 Å². The second kappa shape index (κ2) is 8.44. The molecule has 0 spiro atoms. The van der Waals surface area contributed by atoms with Crippen LogP contribution in [0.25, 0.3) is 22.3 Å². The molecule has 2 aromatic carbocycles. The van der Waals surface area contributed by atoms with Gasteiger partial charge in [-0.05, 0) is 35.6 Å². The van der Waals surface area contributed by atoms with Crippen LogP contribution in [0.15, 0.2) is 72.9 Å². The molecule has 0 unspecified atom stereocenters. The fourth-order valence-electron chi connectivity index (χ4n) is 3.07. The van der Waals surface area contributed by atoms with Crippen LogP contribution < -0.4 is 0 Å². The van der Waals surface area contributed by atoms with Crippen LogP contribution in [0.4, 0.5) is 0 Å².